The van der Waals surface area contributed by atoms with Gasteiger partial charge in [-0.15, -0.1) is 0 Å². The summed E-state index contributed by atoms with van der Waals surface area (Å²) >= 11 is 0. The van der Waals surface area contributed by atoms with Crippen LogP contribution in [-0.2, 0) is 10.0 Å². The van der Waals surface area contributed by atoms with E-state index in [0.29, 0.717) is 11.4 Å². The van der Waals surface area contributed by atoms with Crippen molar-refractivity contribution in [2.24, 2.45) is 5.92 Å². The number of anilines is 1. The molecule has 0 bridgehead atoms. The van der Waals surface area contributed by atoms with Crippen molar-refractivity contribution in [1.29, 1.82) is 0 Å². The molecule has 1 aromatic carbocycles. The summed E-state index contributed by atoms with van der Waals surface area (Å²) in [5.74, 6) is 0.814. The number of benzene rings is 1. The molecule has 20 heavy (non-hydrogen) atoms. The molecule has 2 rings (SSSR count). The molecule has 0 atom stereocenters. The first-order valence-corrected chi connectivity index (χ1v) is 8.87. The predicted octanol–water partition coefficient (Wildman–Crippen LogP) is 2.98. The van der Waals surface area contributed by atoms with Crippen molar-refractivity contribution in [3.63, 3.8) is 0 Å². The van der Waals surface area contributed by atoms with Gasteiger partial charge in [0.1, 0.15) is 0 Å². The van der Waals surface area contributed by atoms with E-state index in [2.05, 4.69) is 10.0 Å². The Morgan fingerprint density at radius 1 is 1.15 bits per heavy atom. The van der Waals surface area contributed by atoms with Crippen molar-refractivity contribution in [3.05, 3.63) is 24.3 Å². The molecule has 1 aromatic rings. The quantitative estimate of drug-likeness (QED) is 0.761. The van der Waals surface area contributed by atoms with Crippen LogP contribution in [0.1, 0.15) is 38.5 Å². The van der Waals surface area contributed by atoms with Gasteiger partial charge in [0.15, 0.2) is 0 Å². The molecule has 0 spiro atoms. The largest absolute Gasteiger partial charge is 0.388 e. The molecule has 0 unspecified atom stereocenters. The second-order valence-corrected chi connectivity index (χ2v) is 7.23. The highest BCUT2D eigenvalue weighted by atomic mass is 32.2. The van der Waals surface area contributed by atoms with Crippen LogP contribution >= 0.6 is 0 Å². The summed E-state index contributed by atoms with van der Waals surface area (Å²) in [5, 5.41) is 2.97. The zero-order chi connectivity index (χ0) is 14.4. The van der Waals surface area contributed by atoms with E-state index in [0.717, 1.165) is 24.4 Å². The van der Waals surface area contributed by atoms with E-state index < -0.39 is 10.0 Å². The van der Waals surface area contributed by atoms with Gasteiger partial charge in [0.2, 0.25) is 10.0 Å². The lowest BCUT2D eigenvalue weighted by Crippen LogP contribution is -2.25. The van der Waals surface area contributed by atoms with Crippen LogP contribution in [0.4, 0.5) is 5.69 Å². The Hall–Kier alpha value is -1.07. The van der Waals surface area contributed by atoms with Gasteiger partial charge < -0.3 is 5.32 Å². The lowest BCUT2D eigenvalue weighted by atomic mass is 10.0. The van der Waals surface area contributed by atoms with E-state index >= 15 is 0 Å². The molecular formula is C15H24N2O2S. The van der Waals surface area contributed by atoms with E-state index in [9.17, 15) is 8.42 Å². The van der Waals surface area contributed by atoms with Crippen LogP contribution in [0.2, 0.25) is 0 Å². The fraction of sp³-hybridized carbons (Fsp3) is 0.600. The summed E-state index contributed by atoms with van der Waals surface area (Å²) in [4.78, 5) is 0.331. The predicted molar refractivity (Wildman–Crippen MR) is 82.4 cm³/mol. The molecule has 0 radical (unpaired) electrons. The first-order valence-electron chi connectivity index (χ1n) is 7.39. The number of rotatable bonds is 7. The van der Waals surface area contributed by atoms with Gasteiger partial charge in [-0.1, -0.05) is 25.7 Å². The topological polar surface area (TPSA) is 58.2 Å². The maximum absolute atomic E-state index is 12.1. The minimum absolute atomic E-state index is 0.331. The van der Waals surface area contributed by atoms with Crippen molar-refractivity contribution in [1.82, 2.24) is 4.72 Å². The van der Waals surface area contributed by atoms with Crippen LogP contribution < -0.4 is 10.0 Å². The number of sulfonamides is 1. The molecule has 0 heterocycles. The monoisotopic (exact) mass is 296 g/mol. The summed E-state index contributed by atoms with van der Waals surface area (Å²) in [6.07, 6.45) is 7.39. The normalized spacial score (nSPS) is 16.4. The molecule has 5 heteroatoms. The third-order valence-electron chi connectivity index (χ3n) is 4.01. The number of hydrogen-bond acceptors (Lipinski definition) is 3. The fourth-order valence-corrected chi connectivity index (χ4v) is 3.85. The lowest BCUT2D eigenvalue weighted by Gasteiger charge is -2.10. The molecule has 0 aromatic heterocycles. The molecule has 4 nitrogen and oxygen atoms in total. The minimum Gasteiger partial charge on any atom is -0.388 e. The van der Waals surface area contributed by atoms with Gasteiger partial charge in [0, 0.05) is 19.3 Å². The third-order valence-corrected chi connectivity index (χ3v) is 5.49. The van der Waals surface area contributed by atoms with Crippen molar-refractivity contribution in [2.75, 3.05) is 18.9 Å². The summed E-state index contributed by atoms with van der Waals surface area (Å²) in [6, 6.07) is 6.80. The van der Waals surface area contributed by atoms with Gasteiger partial charge in [-0.3, -0.25) is 0 Å². The molecular weight excluding hydrogens is 272 g/mol. The molecule has 1 aliphatic rings. The smallest absolute Gasteiger partial charge is 0.240 e. The first-order chi connectivity index (χ1) is 9.62. The average Bonchev–Trinajstić information content (AvgIpc) is 2.97. The van der Waals surface area contributed by atoms with Gasteiger partial charge in [0.05, 0.1) is 4.90 Å². The van der Waals surface area contributed by atoms with E-state index in [1.54, 1.807) is 24.3 Å². The van der Waals surface area contributed by atoms with Crippen molar-refractivity contribution >= 4 is 15.7 Å². The number of hydrogen-bond donors (Lipinski definition) is 2. The van der Waals surface area contributed by atoms with Crippen LogP contribution in [0, 0.1) is 5.92 Å². The molecule has 1 fully saturated rings. The SMILES string of the molecule is CNc1ccc(S(=O)(=O)NCCCC2CCCC2)cc1. The van der Waals surface area contributed by atoms with E-state index in [1.807, 2.05) is 7.05 Å². The highest BCUT2D eigenvalue weighted by molar-refractivity contribution is 7.89. The van der Waals surface area contributed by atoms with Crippen molar-refractivity contribution in [3.8, 4) is 0 Å². The van der Waals surface area contributed by atoms with Crippen LogP contribution in [0.3, 0.4) is 0 Å². The van der Waals surface area contributed by atoms with Gasteiger partial charge in [-0.2, -0.15) is 0 Å². The van der Waals surface area contributed by atoms with Gasteiger partial charge in [-0.25, -0.2) is 13.1 Å². The highest BCUT2D eigenvalue weighted by Gasteiger charge is 2.16. The Morgan fingerprint density at radius 3 is 2.40 bits per heavy atom. The van der Waals surface area contributed by atoms with Gasteiger partial charge in [-0.05, 0) is 43.0 Å². The standard InChI is InChI=1S/C15H24N2O2S/c1-16-14-8-10-15(11-9-14)20(18,19)17-12-4-7-13-5-2-3-6-13/h8-11,13,16-17H,2-7,12H2,1H3. The summed E-state index contributed by atoms with van der Waals surface area (Å²) in [7, 11) is -1.55. The fourth-order valence-electron chi connectivity index (χ4n) is 2.78. The molecule has 0 aliphatic heterocycles. The summed E-state index contributed by atoms with van der Waals surface area (Å²) < 4.78 is 26.9. The second kappa shape index (κ2) is 7.09. The summed E-state index contributed by atoms with van der Waals surface area (Å²) in [5.41, 5.74) is 0.908. The molecule has 112 valence electrons. The van der Waals surface area contributed by atoms with Crippen molar-refractivity contribution in [2.45, 2.75) is 43.4 Å². The Balaban J connectivity index is 1.80. The zero-order valence-electron chi connectivity index (χ0n) is 12.1. The van der Waals surface area contributed by atoms with Gasteiger partial charge >= 0.3 is 0 Å². The Kier molecular flexibility index (Phi) is 5.43. The lowest BCUT2D eigenvalue weighted by molar-refractivity contribution is 0.480. The van der Waals surface area contributed by atoms with E-state index in [1.165, 1.54) is 25.7 Å². The Labute approximate surface area is 122 Å². The first kappa shape index (κ1) is 15.3. The molecule has 2 N–H and O–H groups in total. The molecule has 1 aliphatic carbocycles. The molecule has 0 saturated heterocycles. The number of nitrogens with one attached hydrogen (secondary N) is 2. The Bertz CT molecular complexity index is 505. The summed E-state index contributed by atoms with van der Waals surface area (Å²) in [6.45, 7) is 0.534. The highest BCUT2D eigenvalue weighted by Crippen LogP contribution is 2.28. The molecule has 0 amide bonds. The maximum atomic E-state index is 12.1. The minimum atomic E-state index is -3.36. The van der Waals surface area contributed by atoms with Crippen LogP contribution in [0.25, 0.3) is 0 Å². The van der Waals surface area contributed by atoms with Crippen molar-refractivity contribution < 1.29 is 8.42 Å². The van der Waals surface area contributed by atoms with Crippen LogP contribution in [-0.4, -0.2) is 22.0 Å². The molecule has 1 saturated carbocycles. The van der Waals surface area contributed by atoms with Crippen LogP contribution in [0.5, 0.6) is 0 Å². The van der Waals surface area contributed by atoms with E-state index in [4.69, 9.17) is 0 Å². The maximum Gasteiger partial charge on any atom is 0.240 e. The Morgan fingerprint density at radius 2 is 1.80 bits per heavy atom. The average molecular weight is 296 g/mol. The zero-order valence-corrected chi connectivity index (χ0v) is 12.9. The van der Waals surface area contributed by atoms with Gasteiger partial charge in [0.25, 0.3) is 0 Å². The van der Waals surface area contributed by atoms with Crippen LogP contribution in [0.15, 0.2) is 29.2 Å². The van der Waals surface area contributed by atoms with E-state index in [-0.39, 0.29) is 0 Å². The third kappa shape index (κ3) is 4.21. The second-order valence-electron chi connectivity index (χ2n) is 5.46.